The molecule has 0 bridgehead atoms. The molecule has 1 aromatic heterocycles. The normalized spacial score (nSPS) is 17.3. The lowest BCUT2D eigenvalue weighted by molar-refractivity contribution is -0.131. The molecule has 24 heavy (non-hydrogen) atoms. The second-order valence-electron chi connectivity index (χ2n) is 5.37. The Morgan fingerprint density at radius 2 is 2.00 bits per heavy atom. The third-order valence-electron chi connectivity index (χ3n) is 3.75. The minimum Gasteiger partial charge on any atom is -0.465 e. The van der Waals surface area contributed by atoms with Crippen molar-refractivity contribution in [2.75, 3.05) is 25.0 Å². The zero-order valence-electron chi connectivity index (χ0n) is 12.9. The van der Waals surface area contributed by atoms with Crippen LogP contribution in [0.15, 0.2) is 48.7 Å². The summed E-state index contributed by atoms with van der Waals surface area (Å²) >= 11 is 0. The Morgan fingerprint density at radius 3 is 2.75 bits per heavy atom. The van der Waals surface area contributed by atoms with Crippen molar-refractivity contribution in [1.29, 1.82) is 0 Å². The van der Waals surface area contributed by atoms with Crippen LogP contribution in [0, 0.1) is 0 Å². The lowest BCUT2D eigenvalue weighted by Gasteiger charge is -2.29. The van der Waals surface area contributed by atoms with Gasteiger partial charge in [0.05, 0.1) is 13.2 Å². The molecule has 2 aromatic rings. The Kier molecular flexibility index (Phi) is 4.72. The molecule has 1 unspecified atom stereocenters. The second kappa shape index (κ2) is 7.10. The number of carbonyl (C=O) groups excluding carboxylic acids is 1. The van der Waals surface area contributed by atoms with Gasteiger partial charge in [-0.1, -0.05) is 30.3 Å². The van der Waals surface area contributed by atoms with Gasteiger partial charge >= 0.3 is 6.09 Å². The standard InChI is InChI=1S/C17H17N3O4/c21-16(14-11-20(17(22)23)8-9-24-14)19-15-10-13(6-7-18-15)12-4-2-1-3-5-12/h1-7,10,14H,8-9,11H2,(H,22,23)(H,18,19,21). The molecule has 1 atom stereocenters. The molecule has 1 aliphatic rings. The fourth-order valence-corrected chi connectivity index (χ4v) is 2.50. The maximum absolute atomic E-state index is 12.3. The molecule has 2 heterocycles. The number of ether oxygens (including phenoxy) is 1. The van der Waals surface area contributed by atoms with Crippen LogP contribution in [0.4, 0.5) is 10.6 Å². The Hall–Kier alpha value is -2.93. The summed E-state index contributed by atoms with van der Waals surface area (Å²) in [5.41, 5.74) is 1.94. The first-order chi connectivity index (χ1) is 11.6. The molecule has 0 saturated carbocycles. The number of rotatable bonds is 3. The molecule has 1 fully saturated rings. The number of morpholine rings is 1. The quantitative estimate of drug-likeness (QED) is 0.900. The van der Waals surface area contributed by atoms with E-state index in [1.807, 2.05) is 36.4 Å². The van der Waals surface area contributed by atoms with E-state index in [-0.39, 0.29) is 19.7 Å². The van der Waals surface area contributed by atoms with Crippen LogP contribution in [0.1, 0.15) is 0 Å². The number of hydrogen-bond acceptors (Lipinski definition) is 4. The van der Waals surface area contributed by atoms with E-state index >= 15 is 0 Å². The minimum atomic E-state index is -1.06. The van der Waals surface area contributed by atoms with Gasteiger partial charge in [0.15, 0.2) is 6.10 Å². The summed E-state index contributed by atoms with van der Waals surface area (Å²) in [5.74, 6) is -0.00365. The van der Waals surface area contributed by atoms with E-state index in [1.54, 1.807) is 12.3 Å². The van der Waals surface area contributed by atoms with Gasteiger partial charge in [-0.05, 0) is 23.3 Å². The largest absolute Gasteiger partial charge is 0.465 e. The average molecular weight is 327 g/mol. The maximum Gasteiger partial charge on any atom is 0.407 e. The number of benzene rings is 1. The van der Waals surface area contributed by atoms with E-state index in [9.17, 15) is 9.59 Å². The van der Waals surface area contributed by atoms with E-state index < -0.39 is 18.1 Å². The van der Waals surface area contributed by atoms with Crippen molar-refractivity contribution in [3.8, 4) is 11.1 Å². The number of hydrogen-bond donors (Lipinski definition) is 2. The number of carboxylic acid groups (broad SMARTS) is 1. The highest BCUT2D eigenvalue weighted by atomic mass is 16.5. The van der Waals surface area contributed by atoms with Gasteiger partial charge in [-0.2, -0.15) is 0 Å². The fourth-order valence-electron chi connectivity index (χ4n) is 2.50. The van der Waals surface area contributed by atoms with E-state index in [4.69, 9.17) is 9.84 Å². The van der Waals surface area contributed by atoms with Crippen LogP contribution in [0.25, 0.3) is 11.1 Å². The van der Waals surface area contributed by atoms with Gasteiger partial charge in [-0.3, -0.25) is 4.79 Å². The summed E-state index contributed by atoms with van der Waals surface area (Å²) in [5, 5.41) is 11.7. The molecule has 1 saturated heterocycles. The molecule has 2 amide bonds. The molecule has 0 radical (unpaired) electrons. The highest BCUT2D eigenvalue weighted by Gasteiger charge is 2.29. The molecule has 7 nitrogen and oxygen atoms in total. The van der Waals surface area contributed by atoms with E-state index in [2.05, 4.69) is 10.3 Å². The lowest BCUT2D eigenvalue weighted by atomic mass is 10.1. The summed E-state index contributed by atoms with van der Waals surface area (Å²) in [6.45, 7) is 0.474. The molecule has 1 aliphatic heterocycles. The molecule has 124 valence electrons. The molecule has 1 aromatic carbocycles. The lowest BCUT2D eigenvalue weighted by Crippen LogP contribution is -2.49. The van der Waals surface area contributed by atoms with Crippen LogP contribution in [0.2, 0.25) is 0 Å². The summed E-state index contributed by atoms with van der Waals surface area (Å²) in [6, 6.07) is 13.4. The zero-order valence-corrected chi connectivity index (χ0v) is 12.9. The molecular weight excluding hydrogens is 310 g/mol. The Bertz CT molecular complexity index is 736. The predicted octanol–water partition coefficient (Wildman–Crippen LogP) is 2.07. The summed E-state index contributed by atoms with van der Waals surface area (Å²) in [7, 11) is 0. The minimum absolute atomic E-state index is 0.0134. The van der Waals surface area contributed by atoms with Gasteiger partial charge in [0, 0.05) is 12.7 Å². The maximum atomic E-state index is 12.3. The zero-order chi connectivity index (χ0) is 16.9. The second-order valence-corrected chi connectivity index (χ2v) is 5.37. The Morgan fingerprint density at radius 1 is 1.21 bits per heavy atom. The molecule has 2 N–H and O–H groups in total. The van der Waals surface area contributed by atoms with Gasteiger partial charge in [-0.25, -0.2) is 9.78 Å². The van der Waals surface area contributed by atoms with Gasteiger partial charge in [-0.15, -0.1) is 0 Å². The van der Waals surface area contributed by atoms with E-state index in [1.165, 1.54) is 4.90 Å². The average Bonchev–Trinajstić information content (AvgIpc) is 2.63. The number of pyridine rings is 1. The van der Waals surface area contributed by atoms with Crippen LogP contribution >= 0.6 is 0 Å². The molecule has 0 spiro atoms. The van der Waals surface area contributed by atoms with Crippen molar-refractivity contribution in [1.82, 2.24) is 9.88 Å². The Balaban J connectivity index is 1.70. The molecule has 7 heteroatoms. The smallest absolute Gasteiger partial charge is 0.407 e. The van der Waals surface area contributed by atoms with Gasteiger partial charge in [0.2, 0.25) is 0 Å². The first-order valence-electron chi connectivity index (χ1n) is 7.55. The summed E-state index contributed by atoms with van der Waals surface area (Å²) < 4.78 is 5.36. The summed E-state index contributed by atoms with van der Waals surface area (Å²) in [4.78, 5) is 28.6. The number of carbonyl (C=O) groups is 2. The van der Waals surface area contributed by atoms with Crippen LogP contribution in [0.5, 0.6) is 0 Å². The van der Waals surface area contributed by atoms with Crippen LogP contribution in [0.3, 0.4) is 0 Å². The van der Waals surface area contributed by atoms with Gasteiger partial charge in [0.1, 0.15) is 5.82 Å². The molecule has 3 rings (SSSR count). The third-order valence-corrected chi connectivity index (χ3v) is 3.75. The van der Waals surface area contributed by atoms with Crippen LogP contribution < -0.4 is 5.32 Å². The Labute approximate surface area is 138 Å². The first kappa shape index (κ1) is 15.9. The number of amides is 2. The number of nitrogens with zero attached hydrogens (tertiary/aromatic N) is 2. The van der Waals surface area contributed by atoms with Crippen LogP contribution in [-0.2, 0) is 9.53 Å². The number of anilines is 1. The third kappa shape index (κ3) is 3.69. The fraction of sp³-hybridized carbons (Fsp3) is 0.235. The monoisotopic (exact) mass is 327 g/mol. The van der Waals surface area contributed by atoms with Crippen molar-refractivity contribution >= 4 is 17.8 Å². The summed E-state index contributed by atoms with van der Waals surface area (Å²) in [6.07, 6.45) is -0.277. The van der Waals surface area contributed by atoms with Crippen molar-refractivity contribution < 1.29 is 19.4 Å². The SMILES string of the molecule is O=C(Nc1cc(-c2ccccc2)ccn1)C1CN(C(=O)O)CCO1. The molecule has 0 aliphatic carbocycles. The van der Waals surface area contributed by atoms with Gasteiger partial charge in [0.25, 0.3) is 5.91 Å². The number of nitrogens with one attached hydrogen (secondary N) is 1. The van der Waals surface area contributed by atoms with E-state index in [0.717, 1.165) is 11.1 Å². The van der Waals surface area contributed by atoms with E-state index in [0.29, 0.717) is 5.82 Å². The van der Waals surface area contributed by atoms with Crippen molar-refractivity contribution in [3.05, 3.63) is 48.7 Å². The highest BCUT2D eigenvalue weighted by molar-refractivity contribution is 5.94. The number of aromatic nitrogens is 1. The van der Waals surface area contributed by atoms with Gasteiger partial charge < -0.3 is 20.1 Å². The molecular formula is C17H17N3O4. The topological polar surface area (TPSA) is 91.8 Å². The van der Waals surface area contributed by atoms with Crippen molar-refractivity contribution in [2.24, 2.45) is 0 Å². The van der Waals surface area contributed by atoms with Crippen molar-refractivity contribution in [2.45, 2.75) is 6.10 Å². The van der Waals surface area contributed by atoms with Crippen LogP contribution in [-0.4, -0.2) is 52.8 Å². The first-order valence-corrected chi connectivity index (χ1v) is 7.55. The highest BCUT2D eigenvalue weighted by Crippen LogP contribution is 2.21. The van der Waals surface area contributed by atoms with Crippen molar-refractivity contribution in [3.63, 3.8) is 0 Å². The predicted molar refractivity (Wildman–Crippen MR) is 87.6 cm³/mol.